The van der Waals surface area contributed by atoms with Crippen LogP contribution in [0.3, 0.4) is 0 Å². The highest BCUT2D eigenvalue weighted by Gasteiger charge is 2.08. The maximum atomic E-state index is 13.5. The van der Waals surface area contributed by atoms with Gasteiger partial charge in [0, 0.05) is 18.2 Å². The summed E-state index contributed by atoms with van der Waals surface area (Å²) in [5.41, 5.74) is 0.809. The second kappa shape index (κ2) is 6.98. The molecule has 0 aliphatic rings. The van der Waals surface area contributed by atoms with Crippen LogP contribution in [0, 0.1) is 17.5 Å². The van der Waals surface area contributed by atoms with E-state index in [1.165, 1.54) is 25.3 Å². The second-order valence-corrected chi connectivity index (χ2v) is 4.65. The van der Waals surface area contributed by atoms with Gasteiger partial charge < -0.3 is 10.1 Å². The van der Waals surface area contributed by atoms with Gasteiger partial charge in [-0.05, 0) is 36.2 Å². The van der Waals surface area contributed by atoms with Crippen molar-refractivity contribution in [2.45, 2.75) is 12.8 Å². The number of carbonyl (C=O) groups is 1. The molecular weight excluding hydrogens is 295 g/mol. The number of ether oxygens (including phenoxy) is 1. The van der Waals surface area contributed by atoms with Gasteiger partial charge in [0.2, 0.25) is 5.91 Å². The topological polar surface area (TPSA) is 38.3 Å². The molecule has 0 bridgehead atoms. The van der Waals surface area contributed by atoms with E-state index in [1.54, 1.807) is 6.07 Å². The molecule has 116 valence electrons. The predicted octanol–water partition coefficient (Wildman–Crippen LogP) is 3.68. The minimum absolute atomic E-state index is 0.0881. The van der Waals surface area contributed by atoms with E-state index in [-0.39, 0.29) is 23.8 Å². The van der Waals surface area contributed by atoms with Crippen molar-refractivity contribution in [1.29, 1.82) is 0 Å². The molecule has 0 saturated heterocycles. The van der Waals surface area contributed by atoms with Crippen molar-refractivity contribution in [1.82, 2.24) is 0 Å². The lowest BCUT2D eigenvalue weighted by Crippen LogP contribution is -2.12. The fraction of sp³-hybridized carbons (Fsp3) is 0.188. The van der Waals surface area contributed by atoms with Crippen LogP contribution >= 0.6 is 0 Å². The number of halogens is 3. The van der Waals surface area contributed by atoms with Gasteiger partial charge >= 0.3 is 0 Å². The Balaban J connectivity index is 1.92. The fourth-order valence-electron chi connectivity index (χ4n) is 1.92. The molecule has 0 saturated carbocycles. The van der Waals surface area contributed by atoms with Crippen molar-refractivity contribution < 1.29 is 22.7 Å². The highest BCUT2D eigenvalue weighted by atomic mass is 19.2. The summed E-state index contributed by atoms with van der Waals surface area (Å²) >= 11 is 0. The summed E-state index contributed by atoms with van der Waals surface area (Å²) in [5, 5.41) is 2.45. The number of amides is 1. The number of rotatable bonds is 5. The third-order valence-electron chi connectivity index (χ3n) is 3.06. The zero-order valence-electron chi connectivity index (χ0n) is 11.8. The molecule has 0 unspecified atom stereocenters. The van der Waals surface area contributed by atoms with E-state index in [2.05, 4.69) is 5.32 Å². The highest BCUT2D eigenvalue weighted by molar-refractivity contribution is 5.90. The van der Waals surface area contributed by atoms with Gasteiger partial charge in [-0.3, -0.25) is 4.79 Å². The van der Waals surface area contributed by atoms with E-state index in [1.807, 2.05) is 0 Å². The first kappa shape index (κ1) is 15.9. The Morgan fingerprint density at radius 2 is 1.82 bits per heavy atom. The van der Waals surface area contributed by atoms with Gasteiger partial charge in [0.1, 0.15) is 0 Å². The normalized spacial score (nSPS) is 10.4. The first-order chi connectivity index (χ1) is 10.5. The summed E-state index contributed by atoms with van der Waals surface area (Å²) in [6.07, 6.45) is 0.404. The van der Waals surface area contributed by atoms with Crippen LogP contribution in [0.2, 0.25) is 0 Å². The molecule has 2 rings (SSSR count). The molecule has 0 fully saturated rings. The highest BCUT2D eigenvalue weighted by Crippen LogP contribution is 2.19. The Morgan fingerprint density at radius 3 is 2.45 bits per heavy atom. The van der Waals surface area contributed by atoms with Gasteiger partial charge in [-0.15, -0.1) is 0 Å². The Hall–Kier alpha value is -2.50. The van der Waals surface area contributed by atoms with Gasteiger partial charge in [0.15, 0.2) is 23.2 Å². The number of anilines is 1. The summed E-state index contributed by atoms with van der Waals surface area (Å²) in [5.74, 6) is -2.75. The number of methoxy groups -OCH3 is 1. The van der Waals surface area contributed by atoms with E-state index < -0.39 is 17.5 Å². The van der Waals surface area contributed by atoms with Gasteiger partial charge in [-0.25, -0.2) is 13.2 Å². The van der Waals surface area contributed by atoms with Crippen LogP contribution in [0.4, 0.5) is 18.9 Å². The van der Waals surface area contributed by atoms with Crippen molar-refractivity contribution in [3.8, 4) is 5.75 Å². The Labute approximate surface area is 125 Å². The molecule has 2 aromatic carbocycles. The smallest absolute Gasteiger partial charge is 0.224 e. The minimum atomic E-state index is -1.03. The van der Waals surface area contributed by atoms with Crippen LogP contribution < -0.4 is 10.1 Å². The van der Waals surface area contributed by atoms with Crippen molar-refractivity contribution in [3.63, 3.8) is 0 Å². The van der Waals surface area contributed by atoms with Crippen LogP contribution in [0.5, 0.6) is 5.75 Å². The van der Waals surface area contributed by atoms with Crippen molar-refractivity contribution in [3.05, 3.63) is 59.4 Å². The first-order valence-corrected chi connectivity index (χ1v) is 6.57. The average Bonchev–Trinajstić information content (AvgIpc) is 2.49. The molecule has 0 aliphatic carbocycles. The molecule has 0 aromatic heterocycles. The van der Waals surface area contributed by atoms with E-state index in [4.69, 9.17) is 4.74 Å². The van der Waals surface area contributed by atoms with Gasteiger partial charge in [0.25, 0.3) is 0 Å². The van der Waals surface area contributed by atoms with Gasteiger partial charge in [-0.1, -0.05) is 6.07 Å². The molecule has 0 heterocycles. The van der Waals surface area contributed by atoms with Crippen LogP contribution in [0.15, 0.2) is 36.4 Å². The lowest BCUT2D eigenvalue weighted by atomic mass is 10.1. The molecule has 0 spiro atoms. The molecule has 0 aliphatic heterocycles. The molecule has 0 atom stereocenters. The van der Waals surface area contributed by atoms with E-state index >= 15 is 0 Å². The van der Waals surface area contributed by atoms with Gasteiger partial charge in [-0.2, -0.15) is 0 Å². The molecule has 3 nitrogen and oxygen atoms in total. The number of nitrogens with one attached hydrogen (secondary N) is 1. The third-order valence-corrected chi connectivity index (χ3v) is 3.06. The number of hydrogen-bond donors (Lipinski definition) is 1. The molecule has 0 radical (unpaired) electrons. The van der Waals surface area contributed by atoms with E-state index in [0.717, 1.165) is 12.1 Å². The Kier molecular flexibility index (Phi) is 5.04. The largest absolute Gasteiger partial charge is 0.494 e. The number of carbonyl (C=O) groups excluding carboxylic acids is 1. The van der Waals surface area contributed by atoms with Crippen LogP contribution in [0.1, 0.15) is 12.0 Å². The maximum absolute atomic E-state index is 13.5. The quantitative estimate of drug-likeness (QED) is 0.915. The summed E-state index contributed by atoms with van der Waals surface area (Å²) in [7, 11) is 1.37. The first-order valence-electron chi connectivity index (χ1n) is 6.57. The van der Waals surface area contributed by atoms with Gasteiger partial charge in [0.05, 0.1) is 7.11 Å². The van der Waals surface area contributed by atoms with Crippen molar-refractivity contribution in [2.24, 2.45) is 0 Å². The maximum Gasteiger partial charge on any atom is 0.224 e. The number of hydrogen-bond acceptors (Lipinski definition) is 2. The molecule has 22 heavy (non-hydrogen) atoms. The number of benzene rings is 2. The molecule has 2 aromatic rings. The summed E-state index contributed by atoms with van der Waals surface area (Å²) in [6, 6.07) is 7.54. The SMILES string of the molecule is COc1ccc(CCC(=O)Nc2ccc(F)c(F)c2)cc1F. The standard InChI is InChI=1S/C16H14F3NO2/c1-22-15-6-2-10(8-14(15)19)3-7-16(21)20-11-4-5-12(17)13(18)9-11/h2,4-6,8-9H,3,7H2,1H3,(H,20,21). The van der Waals surface area contributed by atoms with Crippen molar-refractivity contribution in [2.75, 3.05) is 12.4 Å². The molecule has 6 heteroatoms. The van der Waals surface area contributed by atoms with Crippen LogP contribution in [-0.4, -0.2) is 13.0 Å². The third kappa shape index (κ3) is 4.00. The Bertz CT molecular complexity index is 689. The predicted molar refractivity (Wildman–Crippen MR) is 76.3 cm³/mol. The zero-order chi connectivity index (χ0) is 16.1. The lowest BCUT2D eigenvalue weighted by molar-refractivity contribution is -0.116. The number of aryl methyl sites for hydroxylation is 1. The van der Waals surface area contributed by atoms with Crippen LogP contribution in [0.25, 0.3) is 0 Å². The molecule has 1 N–H and O–H groups in total. The minimum Gasteiger partial charge on any atom is -0.494 e. The molecule has 1 amide bonds. The summed E-state index contributed by atoms with van der Waals surface area (Å²) in [4.78, 5) is 11.7. The molecular formula is C16H14F3NO2. The van der Waals surface area contributed by atoms with E-state index in [0.29, 0.717) is 12.0 Å². The summed E-state index contributed by atoms with van der Waals surface area (Å²) < 4.78 is 44.1. The van der Waals surface area contributed by atoms with E-state index in [9.17, 15) is 18.0 Å². The lowest BCUT2D eigenvalue weighted by Gasteiger charge is -2.07. The second-order valence-electron chi connectivity index (χ2n) is 4.65. The summed E-state index contributed by atoms with van der Waals surface area (Å²) in [6.45, 7) is 0. The Morgan fingerprint density at radius 1 is 1.05 bits per heavy atom. The van der Waals surface area contributed by atoms with Crippen LogP contribution in [-0.2, 0) is 11.2 Å². The van der Waals surface area contributed by atoms with Crippen molar-refractivity contribution >= 4 is 11.6 Å². The monoisotopic (exact) mass is 309 g/mol. The average molecular weight is 309 g/mol. The fourth-order valence-corrected chi connectivity index (χ4v) is 1.92. The zero-order valence-corrected chi connectivity index (χ0v) is 11.8.